The summed E-state index contributed by atoms with van der Waals surface area (Å²) < 4.78 is 28.5. The molecule has 0 saturated carbocycles. The van der Waals surface area contributed by atoms with Gasteiger partial charge in [0.15, 0.2) is 11.6 Å². The molecule has 3 heterocycles. The van der Waals surface area contributed by atoms with Crippen LogP contribution in [0.2, 0.25) is 0 Å². The number of aromatic nitrogens is 2. The maximum absolute atomic E-state index is 13.6. The van der Waals surface area contributed by atoms with E-state index in [1.807, 2.05) is 11.0 Å². The van der Waals surface area contributed by atoms with E-state index in [1.54, 1.807) is 18.3 Å². The molecule has 0 fully saturated rings. The normalized spacial score (nSPS) is 14.0. The number of nitrogens with zero attached hydrogens (tertiary/aromatic N) is 3. The van der Waals surface area contributed by atoms with Gasteiger partial charge in [0.25, 0.3) is 5.56 Å². The molecule has 6 heteroatoms. The van der Waals surface area contributed by atoms with Crippen LogP contribution in [0.1, 0.15) is 17.7 Å². The Balaban J connectivity index is 1.72. The van der Waals surface area contributed by atoms with Gasteiger partial charge in [-0.1, -0.05) is 6.07 Å². The van der Waals surface area contributed by atoms with Gasteiger partial charge in [0.1, 0.15) is 5.65 Å². The van der Waals surface area contributed by atoms with Crippen LogP contribution in [0.15, 0.2) is 47.4 Å². The highest BCUT2D eigenvalue weighted by molar-refractivity contribution is 5.56. The molecular weight excluding hydrogens is 312 g/mol. The van der Waals surface area contributed by atoms with Crippen molar-refractivity contribution in [3.8, 4) is 0 Å². The Morgan fingerprint density at radius 2 is 1.96 bits per heavy atom. The molecule has 0 spiro atoms. The second-order valence-corrected chi connectivity index (χ2v) is 5.93. The second-order valence-electron chi connectivity index (χ2n) is 5.93. The summed E-state index contributed by atoms with van der Waals surface area (Å²) in [6.07, 6.45) is 3.24. The van der Waals surface area contributed by atoms with Crippen LogP contribution in [0.3, 0.4) is 0 Å². The van der Waals surface area contributed by atoms with Crippen molar-refractivity contribution in [2.75, 3.05) is 11.4 Å². The number of aryl methyl sites for hydroxylation is 1. The second kappa shape index (κ2) is 5.70. The Morgan fingerprint density at radius 1 is 1.12 bits per heavy atom. The van der Waals surface area contributed by atoms with Crippen molar-refractivity contribution in [1.82, 2.24) is 9.38 Å². The van der Waals surface area contributed by atoms with Gasteiger partial charge in [-0.25, -0.2) is 13.8 Å². The van der Waals surface area contributed by atoms with E-state index in [0.717, 1.165) is 18.4 Å². The lowest BCUT2D eigenvalue weighted by Gasteiger charge is -2.31. The van der Waals surface area contributed by atoms with Crippen LogP contribution in [-0.4, -0.2) is 15.9 Å². The molecule has 4 rings (SSSR count). The average molecular weight is 327 g/mol. The van der Waals surface area contributed by atoms with Crippen molar-refractivity contribution in [1.29, 1.82) is 0 Å². The molecule has 3 aromatic rings. The van der Waals surface area contributed by atoms with Crippen molar-refractivity contribution in [3.05, 3.63) is 75.8 Å². The minimum atomic E-state index is -0.854. The van der Waals surface area contributed by atoms with Crippen LogP contribution in [-0.2, 0) is 13.0 Å². The Bertz CT molecular complexity index is 984. The van der Waals surface area contributed by atoms with Gasteiger partial charge in [-0.05, 0) is 36.6 Å². The summed E-state index contributed by atoms with van der Waals surface area (Å²) in [6.45, 7) is 1.10. The van der Waals surface area contributed by atoms with Gasteiger partial charge in [0.05, 0.1) is 12.2 Å². The van der Waals surface area contributed by atoms with E-state index in [-0.39, 0.29) is 5.56 Å². The number of fused-ring (bicyclic) bond motifs is 2. The zero-order valence-corrected chi connectivity index (χ0v) is 12.9. The number of anilines is 1. The van der Waals surface area contributed by atoms with E-state index in [4.69, 9.17) is 0 Å². The molecule has 1 aliphatic heterocycles. The maximum Gasteiger partial charge on any atom is 0.258 e. The average Bonchev–Trinajstić information content (AvgIpc) is 2.57. The van der Waals surface area contributed by atoms with E-state index in [2.05, 4.69) is 4.98 Å². The summed E-state index contributed by atoms with van der Waals surface area (Å²) in [4.78, 5) is 18.6. The van der Waals surface area contributed by atoms with E-state index < -0.39 is 11.6 Å². The van der Waals surface area contributed by atoms with Crippen LogP contribution in [0.4, 0.5) is 14.5 Å². The maximum atomic E-state index is 13.6. The molecule has 2 aromatic heterocycles. The summed E-state index contributed by atoms with van der Waals surface area (Å²) in [6, 6.07) is 9.34. The highest BCUT2D eigenvalue weighted by atomic mass is 19.2. The Labute approximate surface area is 137 Å². The minimum Gasteiger partial charge on any atom is -0.365 e. The van der Waals surface area contributed by atoms with Crippen LogP contribution < -0.4 is 10.5 Å². The molecule has 24 heavy (non-hydrogen) atoms. The highest BCUT2D eigenvalue weighted by Gasteiger charge is 2.20. The van der Waals surface area contributed by atoms with E-state index >= 15 is 0 Å². The molecule has 4 nitrogen and oxygen atoms in total. The number of hydrogen-bond donors (Lipinski definition) is 0. The predicted octanol–water partition coefficient (Wildman–Crippen LogP) is 2.93. The van der Waals surface area contributed by atoms with Crippen molar-refractivity contribution in [2.24, 2.45) is 0 Å². The van der Waals surface area contributed by atoms with Crippen LogP contribution in [0, 0.1) is 11.6 Å². The number of pyridine rings is 1. The first-order valence-electron chi connectivity index (χ1n) is 7.82. The summed E-state index contributed by atoms with van der Waals surface area (Å²) >= 11 is 0. The first kappa shape index (κ1) is 14.8. The van der Waals surface area contributed by atoms with E-state index in [9.17, 15) is 13.6 Å². The first-order chi connectivity index (χ1) is 11.6. The third-order valence-corrected chi connectivity index (χ3v) is 4.31. The molecule has 0 saturated heterocycles. The standard InChI is InChI=1S/C18H15F2N3O/c19-14-8-12-4-3-6-22(16(12)10-15(14)20)11-13-9-18(24)23-7-2-1-5-17(23)21-13/h1-2,5,7-10H,3-4,6,11H2. The molecule has 0 radical (unpaired) electrons. The lowest BCUT2D eigenvalue weighted by atomic mass is 10.0. The summed E-state index contributed by atoms with van der Waals surface area (Å²) in [5.41, 5.74) is 2.50. The topological polar surface area (TPSA) is 37.6 Å². The number of benzene rings is 1. The number of hydrogen-bond acceptors (Lipinski definition) is 3. The van der Waals surface area contributed by atoms with Crippen molar-refractivity contribution < 1.29 is 8.78 Å². The molecule has 0 aliphatic carbocycles. The van der Waals surface area contributed by atoms with Gasteiger partial charge in [0, 0.05) is 30.6 Å². The zero-order chi connectivity index (χ0) is 16.7. The Morgan fingerprint density at radius 3 is 2.83 bits per heavy atom. The van der Waals surface area contributed by atoms with Crippen LogP contribution in [0.25, 0.3) is 5.65 Å². The fourth-order valence-electron chi connectivity index (χ4n) is 3.20. The van der Waals surface area contributed by atoms with Gasteiger partial charge >= 0.3 is 0 Å². The van der Waals surface area contributed by atoms with Crippen molar-refractivity contribution in [3.63, 3.8) is 0 Å². The van der Waals surface area contributed by atoms with Gasteiger partial charge in [-0.2, -0.15) is 0 Å². The molecule has 1 aliphatic rings. The lowest BCUT2D eigenvalue weighted by molar-refractivity contribution is 0.504. The third-order valence-electron chi connectivity index (χ3n) is 4.31. The molecule has 0 unspecified atom stereocenters. The minimum absolute atomic E-state index is 0.155. The van der Waals surface area contributed by atoms with E-state index in [0.29, 0.717) is 30.1 Å². The smallest absolute Gasteiger partial charge is 0.258 e. The Kier molecular flexibility index (Phi) is 3.52. The van der Waals surface area contributed by atoms with E-state index in [1.165, 1.54) is 22.6 Å². The van der Waals surface area contributed by atoms with Crippen molar-refractivity contribution >= 4 is 11.3 Å². The molecule has 122 valence electrons. The van der Waals surface area contributed by atoms with Gasteiger partial charge in [-0.15, -0.1) is 0 Å². The quantitative estimate of drug-likeness (QED) is 0.726. The summed E-state index contributed by atoms with van der Waals surface area (Å²) in [7, 11) is 0. The molecule has 0 N–H and O–H groups in total. The van der Waals surface area contributed by atoms with Gasteiger partial charge in [-0.3, -0.25) is 9.20 Å². The highest BCUT2D eigenvalue weighted by Crippen LogP contribution is 2.30. The first-order valence-corrected chi connectivity index (χ1v) is 7.82. The van der Waals surface area contributed by atoms with Crippen LogP contribution in [0.5, 0.6) is 0 Å². The fraction of sp³-hybridized carbons (Fsp3) is 0.222. The number of halogens is 2. The van der Waals surface area contributed by atoms with Gasteiger partial charge in [0.2, 0.25) is 0 Å². The Hall–Kier alpha value is -2.76. The van der Waals surface area contributed by atoms with Gasteiger partial charge < -0.3 is 4.90 Å². The molecule has 0 atom stereocenters. The zero-order valence-electron chi connectivity index (χ0n) is 12.9. The molecule has 0 amide bonds. The largest absolute Gasteiger partial charge is 0.365 e. The monoisotopic (exact) mass is 327 g/mol. The van der Waals surface area contributed by atoms with Crippen molar-refractivity contribution in [2.45, 2.75) is 19.4 Å². The molecule has 1 aromatic carbocycles. The van der Waals surface area contributed by atoms with Crippen LogP contribution >= 0.6 is 0 Å². The fourth-order valence-corrected chi connectivity index (χ4v) is 3.20. The lowest BCUT2D eigenvalue weighted by Crippen LogP contribution is -2.30. The third kappa shape index (κ3) is 2.54. The number of rotatable bonds is 2. The predicted molar refractivity (Wildman–Crippen MR) is 87.2 cm³/mol. The summed E-state index contributed by atoms with van der Waals surface area (Å²) in [5.74, 6) is -1.68. The molecule has 0 bridgehead atoms. The molecular formula is C18H15F2N3O. The SMILES string of the molecule is O=c1cc(CN2CCCc3cc(F)c(F)cc32)nc2ccccn12. The summed E-state index contributed by atoms with van der Waals surface area (Å²) in [5, 5.41) is 0.